The van der Waals surface area contributed by atoms with Gasteiger partial charge in [0, 0.05) is 36.8 Å². The average molecular weight is 570 g/mol. The molecule has 2 aromatic heterocycles. The van der Waals surface area contributed by atoms with E-state index in [0.717, 1.165) is 32.0 Å². The smallest absolute Gasteiger partial charge is 0.246 e. The molecular weight excluding hydrogens is 536 g/mol. The quantitative estimate of drug-likeness (QED) is 0.182. The minimum absolute atomic E-state index is 0.128. The SMILES string of the molecule is CCCN(CCO)CCCOc1cc2ncnc(Nc3ccn(CC(=O)Nc4cccc(F)c4F)n3)c2cc1OC. The summed E-state index contributed by atoms with van der Waals surface area (Å²) in [6.45, 7) is 4.87. The van der Waals surface area contributed by atoms with E-state index in [0.29, 0.717) is 47.2 Å². The Morgan fingerprint density at radius 3 is 2.76 bits per heavy atom. The van der Waals surface area contributed by atoms with Gasteiger partial charge in [0.1, 0.15) is 18.7 Å². The van der Waals surface area contributed by atoms with Gasteiger partial charge in [0.15, 0.2) is 29.0 Å². The number of carbonyl (C=O) groups excluding carboxylic acids is 1. The molecule has 13 heteroatoms. The van der Waals surface area contributed by atoms with Gasteiger partial charge in [-0.1, -0.05) is 13.0 Å². The van der Waals surface area contributed by atoms with Gasteiger partial charge in [0.05, 0.1) is 31.5 Å². The molecule has 0 saturated heterocycles. The van der Waals surface area contributed by atoms with E-state index in [1.165, 1.54) is 23.1 Å². The maximum absolute atomic E-state index is 13.9. The van der Waals surface area contributed by atoms with Crippen molar-refractivity contribution in [3.8, 4) is 11.5 Å². The van der Waals surface area contributed by atoms with E-state index in [2.05, 4.69) is 37.5 Å². The van der Waals surface area contributed by atoms with Crippen LogP contribution in [0.1, 0.15) is 19.8 Å². The number of aliphatic hydroxyl groups excluding tert-OH is 1. The van der Waals surface area contributed by atoms with Crippen LogP contribution >= 0.6 is 0 Å². The summed E-state index contributed by atoms with van der Waals surface area (Å²) in [6.07, 6.45) is 4.79. The molecule has 2 aromatic carbocycles. The van der Waals surface area contributed by atoms with Gasteiger partial charge in [-0.3, -0.25) is 9.48 Å². The van der Waals surface area contributed by atoms with Crippen molar-refractivity contribution in [3.63, 3.8) is 0 Å². The molecule has 0 saturated carbocycles. The van der Waals surface area contributed by atoms with Crippen LogP contribution in [0.5, 0.6) is 11.5 Å². The van der Waals surface area contributed by atoms with Gasteiger partial charge in [0.25, 0.3) is 0 Å². The second kappa shape index (κ2) is 14.3. The van der Waals surface area contributed by atoms with E-state index >= 15 is 0 Å². The monoisotopic (exact) mass is 569 g/mol. The number of anilines is 3. The fourth-order valence-corrected chi connectivity index (χ4v) is 4.27. The van der Waals surface area contributed by atoms with Gasteiger partial charge in [-0.05, 0) is 37.6 Å². The lowest BCUT2D eigenvalue weighted by Crippen LogP contribution is -2.29. The summed E-state index contributed by atoms with van der Waals surface area (Å²) in [6, 6.07) is 8.77. The Hall–Kier alpha value is -4.36. The van der Waals surface area contributed by atoms with Crippen LogP contribution in [0, 0.1) is 11.6 Å². The molecule has 0 aliphatic rings. The van der Waals surface area contributed by atoms with Crippen molar-refractivity contribution < 1.29 is 28.2 Å². The number of ether oxygens (including phenoxy) is 2. The lowest BCUT2D eigenvalue weighted by molar-refractivity contribution is -0.116. The van der Waals surface area contributed by atoms with Gasteiger partial charge < -0.3 is 30.1 Å². The molecule has 0 spiro atoms. The number of amides is 1. The van der Waals surface area contributed by atoms with Crippen LogP contribution in [-0.2, 0) is 11.3 Å². The number of nitrogens with one attached hydrogen (secondary N) is 2. The summed E-state index contributed by atoms with van der Waals surface area (Å²) in [7, 11) is 1.55. The Morgan fingerprint density at radius 1 is 1.12 bits per heavy atom. The number of aromatic nitrogens is 4. The van der Waals surface area contributed by atoms with E-state index < -0.39 is 17.5 Å². The number of methoxy groups -OCH3 is 1. The molecule has 41 heavy (non-hydrogen) atoms. The van der Waals surface area contributed by atoms with Crippen molar-refractivity contribution in [2.75, 3.05) is 50.6 Å². The van der Waals surface area contributed by atoms with Crippen LogP contribution < -0.4 is 20.1 Å². The summed E-state index contributed by atoms with van der Waals surface area (Å²) in [4.78, 5) is 23.2. The third-order valence-corrected chi connectivity index (χ3v) is 6.17. The first kappa shape index (κ1) is 29.6. The zero-order valence-corrected chi connectivity index (χ0v) is 22.9. The fourth-order valence-electron chi connectivity index (χ4n) is 4.27. The van der Waals surface area contributed by atoms with Gasteiger partial charge in [0.2, 0.25) is 5.91 Å². The highest BCUT2D eigenvalue weighted by Crippen LogP contribution is 2.34. The van der Waals surface area contributed by atoms with Crippen molar-refractivity contribution >= 4 is 34.1 Å². The molecule has 0 atom stereocenters. The number of halogens is 2. The maximum atomic E-state index is 13.9. The highest BCUT2D eigenvalue weighted by molar-refractivity contribution is 5.93. The molecule has 0 fully saturated rings. The first-order valence-corrected chi connectivity index (χ1v) is 13.2. The molecule has 11 nitrogen and oxygen atoms in total. The predicted molar refractivity (Wildman–Crippen MR) is 151 cm³/mol. The molecule has 0 aliphatic heterocycles. The Bertz CT molecular complexity index is 1460. The summed E-state index contributed by atoms with van der Waals surface area (Å²) in [5, 5.41) is 19.7. The lowest BCUT2D eigenvalue weighted by Gasteiger charge is -2.20. The number of carbonyl (C=O) groups is 1. The molecule has 0 radical (unpaired) electrons. The van der Waals surface area contributed by atoms with E-state index in [9.17, 15) is 18.7 Å². The van der Waals surface area contributed by atoms with Crippen molar-refractivity contribution in [2.45, 2.75) is 26.3 Å². The molecule has 218 valence electrons. The maximum Gasteiger partial charge on any atom is 0.246 e. The van der Waals surface area contributed by atoms with E-state index in [1.807, 2.05) is 0 Å². The van der Waals surface area contributed by atoms with Crippen LogP contribution in [0.2, 0.25) is 0 Å². The van der Waals surface area contributed by atoms with Crippen molar-refractivity contribution in [1.82, 2.24) is 24.6 Å². The highest BCUT2D eigenvalue weighted by Gasteiger charge is 2.15. The molecule has 2 heterocycles. The number of hydrogen-bond acceptors (Lipinski definition) is 9. The topological polar surface area (TPSA) is 127 Å². The first-order chi connectivity index (χ1) is 19.9. The summed E-state index contributed by atoms with van der Waals surface area (Å²) in [5.74, 6) is -0.792. The Kier molecular flexibility index (Phi) is 10.3. The van der Waals surface area contributed by atoms with Crippen molar-refractivity contribution in [1.29, 1.82) is 0 Å². The van der Waals surface area contributed by atoms with Crippen LogP contribution in [0.15, 0.2) is 48.9 Å². The number of aliphatic hydroxyl groups is 1. The van der Waals surface area contributed by atoms with E-state index in [-0.39, 0.29) is 18.8 Å². The van der Waals surface area contributed by atoms with Crippen LogP contribution in [0.25, 0.3) is 10.9 Å². The second-order valence-corrected chi connectivity index (χ2v) is 9.18. The normalized spacial score (nSPS) is 11.2. The number of benzene rings is 2. The number of fused-ring (bicyclic) bond motifs is 1. The molecule has 4 rings (SSSR count). The first-order valence-electron chi connectivity index (χ1n) is 13.2. The lowest BCUT2D eigenvalue weighted by atomic mass is 10.2. The molecular formula is C28H33F2N7O4. The van der Waals surface area contributed by atoms with E-state index in [4.69, 9.17) is 9.47 Å². The Labute approximate surface area is 236 Å². The summed E-state index contributed by atoms with van der Waals surface area (Å²) < 4.78 is 40.2. The number of rotatable bonds is 15. The summed E-state index contributed by atoms with van der Waals surface area (Å²) in [5.41, 5.74) is 0.382. The standard InChI is InChI=1S/C28H33F2N7O4/c1-3-9-36(12-13-38)10-5-14-41-24-16-22-19(15-23(24)40-2)28(32-18-31-22)34-25-8-11-37(35-25)17-26(39)33-21-7-4-6-20(29)27(21)30/h4,6-8,11,15-16,18,38H,3,5,9-10,12-14,17H2,1-2H3,(H,33,39)(H,31,32,34,35). The molecule has 1 amide bonds. The average Bonchev–Trinajstić information content (AvgIpc) is 3.39. The fraction of sp³-hybridized carbons (Fsp3) is 0.357. The Morgan fingerprint density at radius 2 is 1.98 bits per heavy atom. The largest absolute Gasteiger partial charge is 0.493 e. The number of nitrogens with zero attached hydrogens (tertiary/aromatic N) is 5. The Balaban J connectivity index is 1.40. The zero-order chi connectivity index (χ0) is 29.2. The molecule has 0 aliphatic carbocycles. The third-order valence-electron chi connectivity index (χ3n) is 6.17. The molecule has 3 N–H and O–H groups in total. The highest BCUT2D eigenvalue weighted by atomic mass is 19.2. The van der Waals surface area contributed by atoms with Gasteiger partial charge in [-0.25, -0.2) is 18.7 Å². The molecule has 4 aromatic rings. The van der Waals surface area contributed by atoms with Gasteiger partial charge in [-0.2, -0.15) is 5.10 Å². The zero-order valence-electron chi connectivity index (χ0n) is 22.9. The molecule has 0 bridgehead atoms. The molecule has 0 unspecified atom stereocenters. The van der Waals surface area contributed by atoms with Gasteiger partial charge >= 0.3 is 0 Å². The van der Waals surface area contributed by atoms with E-state index in [1.54, 1.807) is 31.5 Å². The minimum atomic E-state index is -1.13. The van der Waals surface area contributed by atoms with Crippen LogP contribution in [-0.4, -0.2) is 75.6 Å². The minimum Gasteiger partial charge on any atom is -0.493 e. The van der Waals surface area contributed by atoms with Crippen LogP contribution in [0.3, 0.4) is 0 Å². The summed E-state index contributed by atoms with van der Waals surface area (Å²) >= 11 is 0. The van der Waals surface area contributed by atoms with Crippen molar-refractivity contribution in [3.05, 3.63) is 60.6 Å². The number of hydrogen-bond donors (Lipinski definition) is 3. The van der Waals surface area contributed by atoms with Crippen LogP contribution in [0.4, 0.5) is 26.1 Å². The van der Waals surface area contributed by atoms with Crippen molar-refractivity contribution in [2.24, 2.45) is 0 Å². The predicted octanol–water partition coefficient (Wildman–Crippen LogP) is 3.97. The third kappa shape index (κ3) is 7.86. The second-order valence-electron chi connectivity index (χ2n) is 9.18. The van der Waals surface area contributed by atoms with Gasteiger partial charge in [-0.15, -0.1) is 0 Å².